The average Bonchev–Trinajstić information content (AvgIpc) is 2.64. The lowest BCUT2D eigenvalue weighted by molar-refractivity contribution is -0.138. The van der Waals surface area contributed by atoms with Crippen LogP contribution in [-0.4, -0.2) is 22.0 Å². The number of hydrogen-bond acceptors (Lipinski definition) is 4. The fourth-order valence-corrected chi connectivity index (χ4v) is 3.11. The number of H-pyrrole nitrogens is 2. The van der Waals surface area contributed by atoms with Gasteiger partial charge in [-0.1, -0.05) is 6.07 Å². The molecule has 3 rings (SSSR count). The first-order chi connectivity index (χ1) is 14.0. The van der Waals surface area contributed by atoms with Crippen molar-refractivity contribution in [3.05, 3.63) is 68.2 Å². The number of nitrogens with one attached hydrogen (secondary N) is 3. The molecule has 0 unspecified atom stereocenters. The van der Waals surface area contributed by atoms with E-state index in [1.54, 1.807) is 13.8 Å². The molecule has 0 saturated heterocycles. The van der Waals surface area contributed by atoms with Crippen LogP contribution in [0.4, 0.5) is 13.2 Å². The third-order valence-electron chi connectivity index (χ3n) is 4.20. The second-order valence-electron chi connectivity index (χ2n) is 6.83. The van der Waals surface area contributed by atoms with Crippen molar-refractivity contribution in [3.8, 4) is 5.75 Å². The van der Waals surface area contributed by atoms with E-state index in [0.717, 1.165) is 6.07 Å². The maximum absolute atomic E-state index is 13.4. The summed E-state index contributed by atoms with van der Waals surface area (Å²) in [4.78, 5) is 29.5. The number of hydrogen-bond donors (Lipinski definition) is 3. The van der Waals surface area contributed by atoms with E-state index >= 15 is 0 Å². The van der Waals surface area contributed by atoms with Crippen molar-refractivity contribution in [2.45, 2.75) is 32.7 Å². The summed E-state index contributed by atoms with van der Waals surface area (Å²) >= 11 is 4.91. The van der Waals surface area contributed by atoms with Gasteiger partial charge in [-0.25, -0.2) is 0 Å². The molecule has 0 aliphatic heterocycles. The van der Waals surface area contributed by atoms with Crippen molar-refractivity contribution in [2.75, 3.05) is 0 Å². The molecule has 0 atom stereocenters. The van der Waals surface area contributed by atoms with Gasteiger partial charge >= 0.3 is 6.18 Å². The lowest BCUT2D eigenvalue weighted by Crippen LogP contribution is -2.25. The molecule has 6 nitrogen and oxygen atoms in total. The molecule has 1 aromatic heterocycles. The van der Waals surface area contributed by atoms with E-state index in [9.17, 15) is 22.8 Å². The van der Waals surface area contributed by atoms with Gasteiger partial charge in [0.1, 0.15) is 5.75 Å². The van der Waals surface area contributed by atoms with Crippen LogP contribution in [0, 0.1) is 4.77 Å². The number of benzene rings is 2. The average molecular weight is 437 g/mol. The Balaban J connectivity index is 1.84. The Morgan fingerprint density at radius 1 is 1.17 bits per heavy atom. The number of ether oxygens (including phenoxy) is 1. The highest BCUT2D eigenvalue weighted by Crippen LogP contribution is 2.34. The van der Waals surface area contributed by atoms with E-state index < -0.39 is 23.2 Å². The van der Waals surface area contributed by atoms with E-state index in [4.69, 9.17) is 17.0 Å². The van der Waals surface area contributed by atoms with Crippen LogP contribution in [0.3, 0.4) is 0 Å². The van der Waals surface area contributed by atoms with Crippen LogP contribution in [-0.2, 0) is 12.7 Å². The van der Waals surface area contributed by atoms with Gasteiger partial charge in [-0.2, -0.15) is 13.2 Å². The van der Waals surface area contributed by atoms with Crippen molar-refractivity contribution >= 4 is 29.0 Å². The fourth-order valence-electron chi connectivity index (χ4n) is 2.91. The minimum atomic E-state index is -4.60. The summed E-state index contributed by atoms with van der Waals surface area (Å²) in [5, 5.41) is 2.78. The summed E-state index contributed by atoms with van der Waals surface area (Å²) in [7, 11) is 0. The number of aromatic nitrogens is 2. The van der Waals surface area contributed by atoms with Crippen molar-refractivity contribution in [1.82, 2.24) is 15.3 Å². The smallest absolute Gasteiger partial charge is 0.416 e. The monoisotopic (exact) mass is 437 g/mol. The van der Waals surface area contributed by atoms with Crippen LogP contribution in [0.1, 0.15) is 35.3 Å². The minimum absolute atomic E-state index is 0.0939. The number of carbonyl (C=O) groups excluding carboxylic acids is 1. The second kappa shape index (κ2) is 8.31. The van der Waals surface area contributed by atoms with Crippen LogP contribution in [0.5, 0.6) is 5.75 Å². The molecule has 0 saturated carbocycles. The largest absolute Gasteiger partial charge is 0.491 e. The van der Waals surface area contributed by atoms with E-state index in [0.29, 0.717) is 10.9 Å². The fraction of sp³-hybridized carbons (Fsp3) is 0.250. The van der Waals surface area contributed by atoms with Crippen LogP contribution in [0.25, 0.3) is 10.9 Å². The van der Waals surface area contributed by atoms with E-state index in [-0.39, 0.29) is 34.3 Å². The van der Waals surface area contributed by atoms with Crippen molar-refractivity contribution in [2.24, 2.45) is 0 Å². The highest BCUT2D eigenvalue weighted by molar-refractivity contribution is 7.71. The second-order valence-corrected chi connectivity index (χ2v) is 7.24. The topological polar surface area (TPSA) is 87.0 Å². The number of carbonyl (C=O) groups is 1. The molecule has 10 heteroatoms. The molecular formula is C20H18F3N3O3S. The lowest BCUT2D eigenvalue weighted by atomic mass is 10.1. The predicted molar refractivity (Wildman–Crippen MR) is 108 cm³/mol. The predicted octanol–water partition coefficient (Wildman–Crippen LogP) is 4.32. The Morgan fingerprint density at radius 2 is 1.90 bits per heavy atom. The number of aromatic amines is 2. The molecule has 0 spiro atoms. The minimum Gasteiger partial charge on any atom is -0.491 e. The Hall–Kier alpha value is -3.14. The molecule has 1 heterocycles. The zero-order valence-corrected chi connectivity index (χ0v) is 16.8. The standard InChI is InChI=1S/C20H18F3N3O3S/c1-10(2)29-13-5-3-12(15(8-13)20(21,22)23)9-24-17(27)11-4-6-14-16(7-11)25-19(30)26-18(14)28/h3-8,10H,9H2,1-2H3,(H,24,27)(H2,25,26,28,30). The Labute approximate surface area is 174 Å². The summed E-state index contributed by atoms with van der Waals surface area (Å²) in [6.45, 7) is 3.09. The maximum atomic E-state index is 13.4. The lowest BCUT2D eigenvalue weighted by Gasteiger charge is -2.17. The number of alkyl halides is 3. The van der Waals surface area contributed by atoms with Gasteiger partial charge in [0, 0.05) is 12.1 Å². The summed E-state index contributed by atoms with van der Waals surface area (Å²) in [6, 6.07) is 7.89. The molecule has 0 aliphatic rings. The Bertz CT molecular complexity index is 1220. The Morgan fingerprint density at radius 3 is 2.57 bits per heavy atom. The summed E-state index contributed by atoms with van der Waals surface area (Å²) in [5.74, 6) is -0.491. The molecule has 0 bridgehead atoms. The molecular weight excluding hydrogens is 419 g/mol. The molecule has 0 radical (unpaired) electrons. The van der Waals surface area contributed by atoms with Gasteiger partial charge in [-0.05, 0) is 62.0 Å². The van der Waals surface area contributed by atoms with Gasteiger partial charge in [0.2, 0.25) is 0 Å². The van der Waals surface area contributed by atoms with Gasteiger partial charge in [-0.15, -0.1) is 0 Å². The summed E-state index contributed by atoms with van der Waals surface area (Å²) < 4.78 is 45.8. The number of rotatable bonds is 5. The van der Waals surface area contributed by atoms with Crippen LogP contribution in [0.2, 0.25) is 0 Å². The van der Waals surface area contributed by atoms with Crippen molar-refractivity contribution < 1.29 is 22.7 Å². The van der Waals surface area contributed by atoms with Gasteiger partial charge in [-0.3, -0.25) is 14.6 Å². The maximum Gasteiger partial charge on any atom is 0.416 e. The van der Waals surface area contributed by atoms with Crippen LogP contribution >= 0.6 is 12.2 Å². The normalized spacial score (nSPS) is 11.7. The molecule has 3 N–H and O–H groups in total. The van der Waals surface area contributed by atoms with Gasteiger partial charge < -0.3 is 15.0 Å². The molecule has 0 aliphatic carbocycles. The van der Waals surface area contributed by atoms with Crippen molar-refractivity contribution in [1.29, 1.82) is 0 Å². The van der Waals surface area contributed by atoms with Gasteiger partial charge in [0.15, 0.2) is 4.77 Å². The number of amides is 1. The zero-order valence-electron chi connectivity index (χ0n) is 16.0. The molecule has 3 aromatic rings. The summed E-state index contributed by atoms with van der Waals surface area (Å²) in [5.41, 5.74) is -0.854. The number of fused-ring (bicyclic) bond motifs is 1. The molecule has 158 valence electrons. The third-order valence-corrected chi connectivity index (χ3v) is 4.40. The van der Waals surface area contributed by atoms with Crippen LogP contribution in [0.15, 0.2) is 41.2 Å². The first-order valence-electron chi connectivity index (χ1n) is 8.96. The first kappa shape index (κ1) is 21.6. The van der Waals surface area contributed by atoms with Crippen LogP contribution < -0.4 is 15.6 Å². The first-order valence-corrected chi connectivity index (χ1v) is 9.37. The highest BCUT2D eigenvalue weighted by atomic mass is 32.1. The summed E-state index contributed by atoms with van der Waals surface area (Å²) in [6.07, 6.45) is -4.88. The molecule has 30 heavy (non-hydrogen) atoms. The van der Waals surface area contributed by atoms with E-state index in [1.807, 2.05) is 0 Å². The Kier molecular flexibility index (Phi) is 5.97. The molecule has 2 aromatic carbocycles. The van der Waals surface area contributed by atoms with Crippen molar-refractivity contribution in [3.63, 3.8) is 0 Å². The van der Waals surface area contributed by atoms with Gasteiger partial charge in [0.05, 0.1) is 22.6 Å². The SMILES string of the molecule is CC(C)Oc1ccc(CNC(=O)c2ccc3c(=O)[nH]c(=S)[nH]c3c2)c(C(F)(F)F)c1. The number of halogens is 3. The zero-order chi connectivity index (χ0) is 22.1. The van der Waals surface area contributed by atoms with E-state index in [2.05, 4.69) is 15.3 Å². The third kappa shape index (κ3) is 4.88. The highest BCUT2D eigenvalue weighted by Gasteiger charge is 2.34. The molecule has 1 amide bonds. The van der Waals surface area contributed by atoms with Gasteiger partial charge in [0.25, 0.3) is 11.5 Å². The van der Waals surface area contributed by atoms with E-state index in [1.165, 1.54) is 30.3 Å². The molecule has 0 fully saturated rings. The quantitative estimate of drug-likeness (QED) is 0.519.